The first-order valence-corrected chi connectivity index (χ1v) is 9.87. The van der Waals surface area contributed by atoms with Gasteiger partial charge in [-0.25, -0.2) is 9.48 Å². The molecule has 0 aliphatic rings. The summed E-state index contributed by atoms with van der Waals surface area (Å²) in [6, 6.07) is 11.7. The van der Waals surface area contributed by atoms with Crippen molar-refractivity contribution in [2.24, 2.45) is 0 Å². The molecular weight excluding hydrogens is 447 g/mol. The van der Waals surface area contributed by atoms with Gasteiger partial charge in [0, 0.05) is 0 Å². The van der Waals surface area contributed by atoms with Crippen LogP contribution in [-0.4, -0.2) is 27.8 Å². The van der Waals surface area contributed by atoms with Crippen LogP contribution in [0.3, 0.4) is 0 Å². The molecule has 10 heteroatoms. The zero-order chi connectivity index (χ0) is 23.6. The minimum Gasteiger partial charge on any atom is -0.449 e. The maximum atomic E-state index is 12.9. The van der Waals surface area contributed by atoms with Crippen molar-refractivity contribution in [1.82, 2.24) is 9.78 Å². The van der Waals surface area contributed by atoms with Crippen LogP contribution in [0.2, 0.25) is 5.02 Å². The Morgan fingerprint density at radius 1 is 1.12 bits per heavy atom. The number of nitrogens with zero attached hydrogens (tertiary/aromatic N) is 2. The molecule has 0 bridgehead atoms. The van der Waals surface area contributed by atoms with E-state index in [9.17, 15) is 22.8 Å². The lowest BCUT2D eigenvalue weighted by atomic mass is 10.2. The lowest BCUT2D eigenvalue weighted by Gasteiger charge is -2.16. The first-order valence-electron chi connectivity index (χ1n) is 9.49. The second-order valence-electron chi connectivity index (χ2n) is 7.02. The van der Waals surface area contributed by atoms with E-state index in [1.165, 1.54) is 6.92 Å². The number of aryl methyl sites for hydroxylation is 1. The Kier molecular flexibility index (Phi) is 6.59. The van der Waals surface area contributed by atoms with E-state index >= 15 is 0 Å². The average molecular weight is 466 g/mol. The lowest BCUT2D eigenvalue weighted by Crippen LogP contribution is -2.30. The van der Waals surface area contributed by atoms with E-state index in [1.807, 2.05) is 30.3 Å². The number of halogens is 4. The summed E-state index contributed by atoms with van der Waals surface area (Å²) >= 11 is 5.90. The van der Waals surface area contributed by atoms with Crippen LogP contribution in [0, 0.1) is 13.8 Å². The Morgan fingerprint density at radius 2 is 1.78 bits per heavy atom. The van der Waals surface area contributed by atoms with Crippen LogP contribution >= 0.6 is 11.6 Å². The quantitative estimate of drug-likeness (QED) is 0.516. The summed E-state index contributed by atoms with van der Waals surface area (Å²) in [7, 11) is 0. The molecule has 0 aliphatic carbocycles. The molecule has 0 fully saturated rings. The van der Waals surface area contributed by atoms with Gasteiger partial charge >= 0.3 is 12.1 Å². The fourth-order valence-electron chi connectivity index (χ4n) is 3.06. The first kappa shape index (κ1) is 23.3. The average Bonchev–Trinajstić information content (AvgIpc) is 3.03. The molecule has 0 saturated heterocycles. The highest BCUT2D eigenvalue weighted by Gasteiger charge is 2.31. The van der Waals surface area contributed by atoms with Gasteiger partial charge in [0.25, 0.3) is 5.91 Å². The topological polar surface area (TPSA) is 73.2 Å². The minimum absolute atomic E-state index is 0.0827. The van der Waals surface area contributed by atoms with Gasteiger partial charge < -0.3 is 10.1 Å². The number of hydrogen-bond acceptors (Lipinski definition) is 4. The van der Waals surface area contributed by atoms with Crippen LogP contribution in [0.1, 0.15) is 34.2 Å². The summed E-state index contributed by atoms with van der Waals surface area (Å²) < 4.78 is 45.6. The fraction of sp³-hybridized carbons (Fsp3) is 0.227. The molecule has 2 aromatic carbocycles. The van der Waals surface area contributed by atoms with Crippen molar-refractivity contribution < 1.29 is 27.5 Å². The second-order valence-corrected chi connectivity index (χ2v) is 7.43. The molecule has 3 aromatic rings. The van der Waals surface area contributed by atoms with Crippen molar-refractivity contribution in [1.29, 1.82) is 0 Å². The maximum absolute atomic E-state index is 12.9. The van der Waals surface area contributed by atoms with E-state index in [0.29, 0.717) is 17.5 Å². The summed E-state index contributed by atoms with van der Waals surface area (Å²) in [5.74, 6) is -1.61. The predicted molar refractivity (Wildman–Crippen MR) is 113 cm³/mol. The Labute approximate surface area is 186 Å². The molecule has 1 N–H and O–H groups in total. The molecule has 0 spiro atoms. The Hall–Kier alpha value is -3.33. The van der Waals surface area contributed by atoms with Crippen LogP contribution in [0.25, 0.3) is 5.69 Å². The summed E-state index contributed by atoms with van der Waals surface area (Å²) in [4.78, 5) is 25.2. The van der Waals surface area contributed by atoms with Gasteiger partial charge in [0.15, 0.2) is 6.10 Å². The Balaban J connectivity index is 1.76. The molecule has 6 nitrogen and oxygen atoms in total. The number of benzene rings is 2. The second kappa shape index (κ2) is 9.04. The predicted octanol–water partition coefficient (Wildman–Crippen LogP) is 5.35. The number of nitrogens with one attached hydrogen (secondary N) is 1. The third-order valence-corrected chi connectivity index (χ3v) is 5.03. The van der Waals surface area contributed by atoms with Crippen molar-refractivity contribution in [3.05, 3.63) is 76.1 Å². The van der Waals surface area contributed by atoms with E-state index in [-0.39, 0.29) is 16.3 Å². The summed E-state index contributed by atoms with van der Waals surface area (Å²) in [5.41, 5.74) is 0.667. The van der Waals surface area contributed by atoms with E-state index in [2.05, 4.69) is 10.4 Å². The third kappa shape index (κ3) is 4.94. The van der Waals surface area contributed by atoms with Crippen molar-refractivity contribution in [2.45, 2.75) is 33.1 Å². The molecule has 32 heavy (non-hydrogen) atoms. The standard InChI is InChI=1S/C22H19ClF3N3O3/c1-12-19(13(2)29(28-12)16-7-5-4-6-8-16)21(31)32-14(3)20(30)27-18-11-15(22(24,25)26)9-10-17(18)23/h4-11,14H,1-3H3,(H,27,30). The van der Waals surface area contributed by atoms with E-state index in [1.54, 1.807) is 18.5 Å². The van der Waals surface area contributed by atoms with Gasteiger partial charge in [0.1, 0.15) is 5.56 Å². The molecule has 1 atom stereocenters. The number of carbonyl (C=O) groups is 2. The highest BCUT2D eigenvalue weighted by molar-refractivity contribution is 6.33. The number of anilines is 1. The van der Waals surface area contributed by atoms with Crippen LogP contribution in [0.5, 0.6) is 0 Å². The Morgan fingerprint density at radius 3 is 2.41 bits per heavy atom. The molecule has 0 radical (unpaired) electrons. The molecule has 3 rings (SSSR count). The number of alkyl halides is 3. The zero-order valence-electron chi connectivity index (χ0n) is 17.3. The van der Waals surface area contributed by atoms with Crippen LogP contribution in [0.15, 0.2) is 48.5 Å². The number of carbonyl (C=O) groups excluding carboxylic acids is 2. The number of esters is 1. The summed E-state index contributed by atoms with van der Waals surface area (Å²) in [6.07, 6.45) is -5.90. The van der Waals surface area contributed by atoms with Crippen molar-refractivity contribution in [2.75, 3.05) is 5.32 Å². The first-order chi connectivity index (χ1) is 15.0. The number of aromatic nitrogens is 2. The van der Waals surface area contributed by atoms with Gasteiger partial charge in [0.2, 0.25) is 0 Å². The highest BCUT2D eigenvalue weighted by Crippen LogP contribution is 2.34. The summed E-state index contributed by atoms with van der Waals surface area (Å²) in [5, 5.41) is 6.54. The molecule has 1 heterocycles. The number of para-hydroxylation sites is 1. The smallest absolute Gasteiger partial charge is 0.416 e. The van der Waals surface area contributed by atoms with Crippen LogP contribution in [-0.2, 0) is 15.7 Å². The molecule has 0 saturated carbocycles. The number of ether oxygens (including phenoxy) is 1. The van der Waals surface area contributed by atoms with E-state index < -0.39 is 29.7 Å². The SMILES string of the molecule is Cc1nn(-c2ccccc2)c(C)c1C(=O)OC(C)C(=O)Nc1cc(C(F)(F)F)ccc1Cl. The number of rotatable bonds is 5. The van der Waals surface area contributed by atoms with Crippen LogP contribution in [0.4, 0.5) is 18.9 Å². The highest BCUT2D eigenvalue weighted by atomic mass is 35.5. The fourth-order valence-corrected chi connectivity index (χ4v) is 3.23. The number of hydrogen-bond donors (Lipinski definition) is 1. The third-order valence-electron chi connectivity index (χ3n) is 4.70. The molecule has 0 aliphatic heterocycles. The zero-order valence-corrected chi connectivity index (χ0v) is 18.1. The van der Waals surface area contributed by atoms with Gasteiger partial charge in [-0.15, -0.1) is 0 Å². The summed E-state index contributed by atoms with van der Waals surface area (Å²) in [6.45, 7) is 4.63. The molecule has 1 amide bonds. The lowest BCUT2D eigenvalue weighted by molar-refractivity contribution is -0.137. The van der Waals surface area contributed by atoms with Gasteiger partial charge in [-0.05, 0) is 51.1 Å². The molecule has 1 unspecified atom stereocenters. The Bertz CT molecular complexity index is 1160. The van der Waals surface area contributed by atoms with Crippen molar-refractivity contribution in [3.63, 3.8) is 0 Å². The number of amides is 1. The van der Waals surface area contributed by atoms with Gasteiger partial charge in [-0.2, -0.15) is 18.3 Å². The molecular formula is C22H19ClF3N3O3. The molecule has 168 valence electrons. The molecule has 1 aromatic heterocycles. The normalized spacial score (nSPS) is 12.3. The van der Waals surface area contributed by atoms with Crippen LogP contribution < -0.4 is 5.32 Å². The van der Waals surface area contributed by atoms with E-state index in [4.69, 9.17) is 16.3 Å². The van der Waals surface area contributed by atoms with Gasteiger partial charge in [0.05, 0.1) is 33.3 Å². The van der Waals surface area contributed by atoms with E-state index in [0.717, 1.165) is 17.8 Å². The van der Waals surface area contributed by atoms with Gasteiger partial charge in [-0.1, -0.05) is 29.8 Å². The largest absolute Gasteiger partial charge is 0.449 e. The maximum Gasteiger partial charge on any atom is 0.416 e. The monoisotopic (exact) mass is 465 g/mol. The van der Waals surface area contributed by atoms with Crippen molar-refractivity contribution in [3.8, 4) is 5.69 Å². The van der Waals surface area contributed by atoms with Crippen molar-refractivity contribution >= 4 is 29.2 Å². The van der Waals surface area contributed by atoms with Gasteiger partial charge in [-0.3, -0.25) is 4.79 Å². The minimum atomic E-state index is -4.60.